The summed E-state index contributed by atoms with van der Waals surface area (Å²) >= 11 is 0. The number of hydrogen-bond donors (Lipinski definition) is 3. The Labute approximate surface area is 392 Å². The maximum atomic E-state index is 12.9. The molecule has 0 saturated carbocycles. The topological polar surface area (TPSA) is 105 Å². The molecule has 63 heavy (non-hydrogen) atoms. The van der Waals surface area contributed by atoms with Crippen LogP contribution in [0.4, 0.5) is 0 Å². The van der Waals surface area contributed by atoms with Gasteiger partial charge in [0.15, 0.2) is 0 Å². The predicted molar refractivity (Wildman–Crippen MR) is 272 cm³/mol. The molecule has 0 radical (unpaired) electrons. The first kappa shape index (κ1) is 62.2. The molecule has 0 fully saturated rings. The average molecular weight is 914 g/mol. The maximum absolute atomic E-state index is 12.9. The van der Waals surface area contributed by atoms with Crippen LogP contribution in [0, 0.1) is 0 Å². The molecule has 376 valence electrons. The highest BCUT2D eigenvalue weighted by atomic mass is 31.2. The van der Waals surface area contributed by atoms with E-state index in [1.165, 1.54) is 218 Å². The van der Waals surface area contributed by atoms with E-state index in [-0.39, 0.29) is 19.1 Å². The van der Waals surface area contributed by atoms with Crippen LogP contribution in [-0.4, -0.2) is 73.4 Å². The first-order chi connectivity index (χ1) is 30.5. The number of hydrogen-bond acceptors (Lipinski definition) is 5. The number of amides is 1. The number of likely N-dealkylation sites (N-methyl/N-ethyl adjacent to an activating group) is 1. The van der Waals surface area contributed by atoms with E-state index < -0.39 is 20.0 Å². The molecule has 0 saturated heterocycles. The summed E-state index contributed by atoms with van der Waals surface area (Å²) in [7, 11) is 1.59. The van der Waals surface area contributed by atoms with Gasteiger partial charge < -0.3 is 19.8 Å². The van der Waals surface area contributed by atoms with Crippen molar-refractivity contribution in [2.24, 2.45) is 0 Å². The second-order valence-electron chi connectivity index (χ2n) is 20.3. The van der Waals surface area contributed by atoms with Crippen molar-refractivity contribution in [3.05, 3.63) is 12.2 Å². The van der Waals surface area contributed by atoms with Crippen LogP contribution in [0.2, 0.25) is 0 Å². The third kappa shape index (κ3) is 49.0. The van der Waals surface area contributed by atoms with Gasteiger partial charge in [0, 0.05) is 6.42 Å². The second-order valence-corrected chi connectivity index (χ2v) is 21.8. The number of quaternary nitrogens is 1. The Hall–Kier alpha value is -0.760. The standard InChI is InChI=1S/C54H109N2O6P/c1-6-8-10-12-14-16-18-20-22-23-24-25-26-27-28-29-30-31-32-33-34-36-38-40-42-44-46-48-54(58)55-52(51-62-63(59,60)61-50-49-56(3,4)5)53(57)47-45-43-41-39-37-35-21-19-17-15-13-11-9-7-2/h45,47,52-53,57H,6-44,46,48-51H2,1-5H3,(H-,55,58,59,60)/p+1/b47-45+/t52-,53+/m0/s1. The molecule has 0 aromatic rings. The minimum atomic E-state index is -4.34. The number of nitrogens with zero attached hydrogens (tertiary/aromatic N) is 1. The Morgan fingerprint density at radius 1 is 0.524 bits per heavy atom. The van der Waals surface area contributed by atoms with Crippen molar-refractivity contribution in [1.82, 2.24) is 5.32 Å². The fraction of sp³-hybridized carbons (Fsp3) is 0.944. The monoisotopic (exact) mass is 914 g/mol. The van der Waals surface area contributed by atoms with Crippen molar-refractivity contribution < 1.29 is 32.9 Å². The summed E-state index contributed by atoms with van der Waals surface area (Å²) < 4.78 is 23.7. The minimum absolute atomic E-state index is 0.0649. The van der Waals surface area contributed by atoms with E-state index in [1.54, 1.807) is 6.08 Å². The quantitative estimate of drug-likeness (QED) is 0.0243. The summed E-state index contributed by atoms with van der Waals surface area (Å²) in [6, 6.07) is -0.841. The van der Waals surface area contributed by atoms with Gasteiger partial charge in [-0.25, -0.2) is 4.57 Å². The zero-order valence-corrected chi connectivity index (χ0v) is 43.7. The highest BCUT2D eigenvalue weighted by Crippen LogP contribution is 2.43. The number of nitrogens with one attached hydrogen (secondary N) is 1. The molecule has 1 unspecified atom stereocenters. The number of aliphatic hydroxyl groups is 1. The Kier molecular flexibility index (Phi) is 45.8. The van der Waals surface area contributed by atoms with Crippen LogP contribution < -0.4 is 5.32 Å². The zero-order valence-electron chi connectivity index (χ0n) is 42.8. The molecule has 0 spiro atoms. The van der Waals surface area contributed by atoms with Crippen molar-refractivity contribution in [2.45, 2.75) is 289 Å². The molecule has 9 heteroatoms. The largest absolute Gasteiger partial charge is 0.472 e. The number of rotatable bonds is 51. The Morgan fingerprint density at radius 3 is 1.17 bits per heavy atom. The molecule has 0 aliphatic rings. The van der Waals surface area contributed by atoms with Gasteiger partial charge >= 0.3 is 7.82 Å². The van der Waals surface area contributed by atoms with Gasteiger partial charge in [-0.3, -0.25) is 13.8 Å². The Morgan fingerprint density at radius 2 is 0.841 bits per heavy atom. The van der Waals surface area contributed by atoms with Gasteiger partial charge in [0.1, 0.15) is 13.2 Å². The molecule has 8 nitrogen and oxygen atoms in total. The summed E-state index contributed by atoms with van der Waals surface area (Å²) in [6.45, 7) is 4.85. The molecule has 3 atom stereocenters. The first-order valence-corrected chi connectivity index (χ1v) is 29.1. The van der Waals surface area contributed by atoms with E-state index in [2.05, 4.69) is 19.2 Å². The third-order valence-corrected chi connectivity index (χ3v) is 13.7. The van der Waals surface area contributed by atoms with E-state index >= 15 is 0 Å². The number of aliphatic hydroxyl groups excluding tert-OH is 1. The number of carbonyl (C=O) groups excluding carboxylic acids is 1. The highest BCUT2D eigenvalue weighted by Gasteiger charge is 2.27. The lowest BCUT2D eigenvalue weighted by atomic mass is 10.0. The third-order valence-electron chi connectivity index (χ3n) is 12.8. The summed E-state index contributed by atoms with van der Waals surface area (Å²) in [5.74, 6) is -0.171. The molecular weight excluding hydrogens is 804 g/mol. The van der Waals surface area contributed by atoms with E-state index in [0.29, 0.717) is 17.4 Å². The van der Waals surface area contributed by atoms with Crippen LogP contribution in [0.5, 0.6) is 0 Å². The molecule has 3 N–H and O–H groups in total. The fourth-order valence-corrected chi connectivity index (χ4v) is 9.13. The van der Waals surface area contributed by atoms with Crippen LogP contribution in [0.1, 0.15) is 277 Å². The smallest absolute Gasteiger partial charge is 0.387 e. The highest BCUT2D eigenvalue weighted by molar-refractivity contribution is 7.47. The minimum Gasteiger partial charge on any atom is -0.387 e. The summed E-state index contributed by atoms with van der Waals surface area (Å²) in [4.78, 5) is 23.2. The van der Waals surface area contributed by atoms with E-state index in [0.717, 1.165) is 38.5 Å². The van der Waals surface area contributed by atoms with Crippen LogP contribution in [-0.2, 0) is 18.4 Å². The van der Waals surface area contributed by atoms with Crippen LogP contribution in [0.3, 0.4) is 0 Å². The molecule has 0 aromatic heterocycles. The van der Waals surface area contributed by atoms with Gasteiger partial charge in [-0.05, 0) is 19.3 Å². The summed E-state index contributed by atoms with van der Waals surface area (Å²) in [5, 5.41) is 13.9. The number of phosphoric ester groups is 1. The lowest BCUT2D eigenvalue weighted by Gasteiger charge is -2.25. The average Bonchev–Trinajstić information content (AvgIpc) is 3.24. The summed E-state index contributed by atoms with van der Waals surface area (Å²) in [6.07, 6.45) is 55.9. The van der Waals surface area contributed by atoms with Crippen molar-refractivity contribution in [3.8, 4) is 0 Å². The number of unbranched alkanes of at least 4 members (excludes halogenated alkanes) is 38. The molecule has 1 amide bonds. The SMILES string of the molecule is CCCCCCCCCCCCCC/C=C/[C@@H](O)[C@H](COP(=O)(O)OCC[N+](C)(C)C)NC(=O)CCCCCCCCCCCCCCCCCCCCCCCCCCCCC. The van der Waals surface area contributed by atoms with Gasteiger partial charge in [-0.15, -0.1) is 0 Å². The summed E-state index contributed by atoms with van der Waals surface area (Å²) in [5.41, 5.74) is 0. The molecule has 0 aromatic carbocycles. The van der Waals surface area contributed by atoms with Gasteiger partial charge in [-0.2, -0.15) is 0 Å². The molecule has 0 rings (SSSR count). The van der Waals surface area contributed by atoms with Crippen LogP contribution >= 0.6 is 7.82 Å². The van der Waals surface area contributed by atoms with Crippen LogP contribution in [0.15, 0.2) is 12.2 Å². The number of phosphoric acid groups is 1. The van der Waals surface area contributed by atoms with Gasteiger partial charge in [0.05, 0.1) is 39.9 Å². The Balaban J connectivity index is 4.10. The van der Waals surface area contributed by atoms with E-state index in [1.807, 2.05) is 27.2 Å². The Bertz CT molecular complexity index is 1040. The van der Waals surface area contributed by atoms with Gasteiger partial charge in [0.25, 0.3) is 0 Å². The van der Waals surface area contributed by atoms with Crippen molar-refractivity contribution >= 4 is 13.7 Å². The van der Waals surface area contributed by atoms with Gasteiger partial charge in [-0.1, -0.05) is 264 Å². The second kappa shape index (κ2) is 46.4. The fourth-order valence-electron chi connectivity index (χ4n) is 8.40. The lowest BCUT2D eigenvalue weighted by molar-refractivity contribution is -0.870. The van der Waals surface area contributed by atoms with Crippen molar-refractivity contribution in [2.75, 3.05) is 40.9 Å². The predicted octanol–water partition coefficient (Wildman–Crippen LogP) is 16.3. The number of carbonyl (C=O) groups is 1. The molecule has 0 heterocycles. The lowest BCUT2D eigenvalue weighted by Crippen LogP contribution is -2.45. The van der Waals surface area contributed by atoms with Gasteiger partial charge in [0.2, 0.25) is 5.91 Å². The molecule has 0 aliphatic heterocycles. The van der Waals surface area contributed by atoms with Crippen molar-refractivity contribution in [3.63, 3.8) is 0 Å². The molecule has 0 bridgehead atoms. The normalized spacial score (nSPS) is 14.1. The molecular formula is C54H110N2O6P+. The number of allylic oxidation sites excluding steroid dienone is 1. The van der Waals surface area contributed by atoms with Crippen molar-refractivity contribution in [1.29, 1.82) is 0 Å². The van der Waals surface area contributed by atoms with E-state index in [9.17, 15) is 19.4 Å². The zero-order chi connectivity index (χ0) is 46.4. The first-order valence-electron chi connectivity index (χ1n) is 27.6. The van der Waals surface area contributed by atoms with E-state index in [4.69, 9.17) is 9.05 Å². The maximum Gasteiger partial charge on any atom is 0.472 e. The molecule has 0 aliphatic carbocycles. The van der Waals surface area contributed by atoms with Crippen LogP contribution in [0.25, 0.3) is 0 Å².